The predicted molar refractivity (Wildman–Crippen MR) is 115 cm³/mol. The summed E-state index contributed by atoms with van der Waals surface area (Å²) in [6.45, 7) is 7.16. The molecule has 0 spiro atoms. The zero-order chi connectivity index (χ0) is 21.3. The monoisotopic (exact) mass is 415 g/mol. The lowest BCUT2D eigenvalue weighted by molar-refractivity contribution is -1.02. The van der Waals surface area contributed by atoms with E-state index in [9.17, 15) is 9.18 Å². The van der Waals surface area contributed by atoms with Crippen LogP contribution in [0.25, 0.3) is 0 Å². The molecule has 1 aliphatic rings. The van der Waals surface area contributed by atoms with E-state index in [2.05, 4.69) is 24.4 Å². The summed E-state index contributed by atoms with van der Waals surface area (Å²) in [7, 11) is 1.62. The Kier molecular flexibility index (Phi) is 8.22. The van der Waals surface area contributed by atoms with E-state index >= 15 is 0 Å². The lowest BCUT2D eigenvalue weighted by atomic mass is 10.1. The van der Waals surface area contributed by atoms with E-state index in [1.807, 2.05) is 18.2 Å². The molecule has 0 radical (unpaired) electrons. The molecule has 1 saturated heterocycles. The topological polar surface area (TPSA) is 47.2 Å². The molecule has 2 aromatic rings. The van der Waals surface area contributed by atoms with Gasteiger partial charge in [0.05, 0.1) is 12.7 Å². The van der Waals surface area contributed by atoms with Gasteiger partial charge in [-0.05, 0) is 43.5 Å². The van der Waals surface area contributed by atoms with Crippen molar-refractivity contribution in [3.63, 3.8) is 0 Å². The molecule has 0 aliphatic carbocycles. The largest absolute Gasteiger partial charge is 0.496 e. The molecule has 0 saturated carbocycles. The fourth-order valence-electron chi connectivity index (χ4n) is 4.12. The van der Waals surface area contributed by atoms with Crippen molar-refractivity contribution < 1.29 is 23.7 Å². The van der Waals surface area contributed by atoms with Crippen LogP contribution in [0.2, 0.25) is 0 Å². The molecule has 3 N–H and O–H groups in total. The number of hydrogen-bond donors (Lipinski definition) is 3. The van der Waals surface area contributed by atoms with Crippen LogP contribution in [0.5, 0.6) is 5.75 Å². The molecule has 0 bridgehead atoms. The van der Waals surface area contributed by atoms with Gasteiger partial charge in [-0.25, -0.2) is 4.39 Å². The van der Waals surface area contributed by atoms with Crippen LogP contribution < -0.4 is 19.9 Å². The lowest BCUT2D eigenvalue weighted by Gasteiger charge is -2.30. The van der Waals surface area contributed by atoms with Crippen LogP contribution in [0.4, 0.5) is 4.39 Å². The quantitative estimate of drug-likeness (QED) is 0.550. The highest BCUT2D eigenvalue weighted by atomic mass is 19.1. The number of benzene rings is 2. The molecule has 1 heterocycles. The van der Waals surface area contributed by atoms with Gasteiger partial charge in [0, 0.05) is 6.04 Å². The minimum Gasteiger partial charge on any atom is -0.496 e. The molecule has 162 valence electrons. The maximum Gasteiger partial charge on any atom is 0.275 e. The summed E-state index contributed by atoms with van der Waals surface area (Å²) in [5.74, 6) is 0.635. The molecule has 1 amide bonds. The summed E-state index contributed by atoms with van der Waals surface area (Å²) in [5.41, 5.74) is 2.21. The van der Waals surface area contributed by atoms with Gasteiger partial charge in [0.25, 0.3) is 5.91 Å². The molecular formula is C24H34FN3O2+2. The first-order valence-corrected chi connectivity index (χ1v) is 10.9. The first-order valence-electron chi connectivity index (χ1n) is 10.9. The van der Waals surface area contributed by atoms with Gasteiger partial charge in [0.1, 0.15) is 44.3 Å². The Morgan fingerprint density at radius 3 is 2.50 bits per heavy atom. The van der Waals surface area contributed by atoms with Crippen LogP contribution in [0.15, 0.2) is 48.5 Å². The minimum atomic E-state index is -0.229. The van der Waals surface area contributed by atoms with Crippen molar-refractivity contribution in [1.82, 2.24) is 5.32 Å². The van der Waals surface area contributed by atoms with Crippen molar-refractivity contribution in [3.8, 4) is 5.75 Å². The number of nitrogens with one attached hydrogen (secondary N) is 3. The van der Waals surface area contributed by atoms with Gasteiger partial charge >= 0.3 is 0 Å². The van der Waals surface area contributed by atoms with Crippen molar-refractivity contribution in [1.29, 1.82) is 0 Å². The highest BCUT2D eigenvalue weighted by Gasteiger charge is 2.26. The molecule has 1 aliphatic heterocycles. The Balaban J connectivity index is 1.38. The molecular weight excluding hydrogens is 381 g/mol. The summed E-state index contributed by atoms with van der Waals surface area (Å²) in [6, 6.07) is 15.2. The van der Waals surface area contributed by atoms with E-state index in [1.54, 1.807) is 19.2 Å². The average Bonchev–Trinajstić information content (AvgIpc) is 2.74. The van der Waals surface area contributed by atoms with Crippen LogP contribution in [-0.2, 0) is 17.8 Å². The standard InChI is InChI=1S/C24H32FN3O2/c1-19(8-9-20-6-4-3-5-7-20)26-24(29)18-28-14-12-27(13-15-28)17-21-16-22(25)10-11-23(21)30-2/h3-7,10-11,16,19H,8-9,12-15,17-18H2,1-2H3,(H,26,29)/p+2/t19-/m0/s1. The van der Waals surface area contributed by atoms with Crippen LogP contribution >= 0.6 is 0 Å². The van der Waals surface area contributed by atoms with Crippen molar-refractivity contribution in [3.05, 3.63) is 65.5 Å². The van der Waals surface area contributed by atoms with Gasteiger partial charge in [-0.2, -0.15) is 0 Å². The molecule has 30 heavy (non-hydrogen) atoms. The Morgan fingerprint density at radius 1 is 1.10 bits per heavy atom. The third-order valence-electron chi connectivity index (χ3n) is 5.87. The predicted octanol–water partition coefficient (Wildman–Crippen LogP) is 0.255. The summed E-state index contributed by atoms with van der Waals surface area (Å²) in [5, 5.41) is 3.15. The van der Waals surface area contributed by atoms with Crippen molar-refractivity contribution >= 4 is 5.91 Å². The smallest absolute Gasteiger partial charge is 0.275 e. The summed E-state index contributed by atoms with van der Waals surface area (Å²) in [4.78, 5) is 15.1. The number of ether oxygens (including phenoxy) is 1. The molecule has 3 rings (SSSR count). The summed E-state index contributed by atoms with van der Waals surface area (Å²) >= 11 is 0. The summed E-state index contributed by atoms with van der Waals surface area (Å²) in [6.07, 6.45) is 1.92. The molecule has 0 unspecified atom stereocenters. The van der Waals surface area contributed by atoms with Crippen molar-refractivity contribution in [2.45, 2.75) is 32.4 Å². The average molecular weight is 416 g/mol. The second-order valence-electron chi connectivity index (χ2n) is 8.30. The SMILES string of the molecule is COc1ccc(F)cc1C[NH+]1CC[NH+](CC(=O)N[C@@H](C)CCc2ccccc2)CC1. The number of rotatable bonds is 9. The third kappa shape index (κ3) is 6.82. The van der Waals surface area contributed by atoms with Crippen molar-refractivity contribution in [2.75, 3.05) is 39.8 Å². The Labute approximate surface area is 178 Å². The summed E-state index contributed by atoms with van der Waals surface area (Å²) < 4.78 is 18.9. The van der Waals surface area contributed by atoms with Crippen LogP contribution in [0.1, 0.15) is 24.5 Å². The fourth-order valence-corrected chi connectivity index (χ4v) is 4.12. The van der Waals surface area contributed by atoms with E-state index in [1.165, 1.54) is 21.4 Å². The molecule has 1 atom stereocenters. The Morgan fingerprint density at radius 2 is 1.80 bits per heavy atom. The van der Waals surface area contributed by atoms with E-state index < -0.39 is 0 Å². The highest BCUT2D eigenvalue weighted by Crippen LogP contribution is 2.18. The number of quaternary nitrogens is 2. The number of carbonyl (C=O) groups is 1. The maximum absolute atomic E-state index is 13.6. The van der Waals surface area contributed by atoms with Gasteiger partial charge in [0.2, 0.25) is 0 Å². The number of piperazine rings is 1. The van der Waals surface area contributed by atoms with Gasteiger partial charge < -0.3 is 19.9 Å². The first-order chi connectivity index (χ1) is 14.5. The van der Waals surface area contributed by atoms with Crippen LogP contribution in [0.3, 0.4) is 0 Å². The Bertz CT molecular complexity index is 807. The maximum atomic E-state index is 13.6. The van der Waals surface area contributed by atoms with Gasteiger partial charge in [-0.1, -0.05) is 30.3 Å². The number of methoxy groups -OCH3 is 1. The molecule has 6 heteroatoms. The second kappa shape index (κ2) is 11.1. The number of carbonyl (C=O) groups excluding carboxylic acids is 1. The van der Waals surface area contributed by atoms with Crippen molar-refractivity contribution in [2.24, 2.45) is 0 Å². The van der Waals surface area contributed by atoms with E-state index in [0.29, 0.717) is 6.54 Å². The van der Waals surface area contributed by atoms with Crippen LogP contribution in [-0.4, -0.2) is 51.8 Å². The number of halogens is 1. The first kappa shape index (κ1) is 22.2. The normalized spacial score (nSPS) is 19.8. The van der Waals surface area contributed by atoms with E-state index in [4.69, 9.17) is 4.74 Å². The molecule has 2 aromatic carbocycles. The second-order valence-corrected chi connectivity index (χ2v) is 8.30. The lowest BCUT2D eigenvalue weighted by Crippen LogP contribution is -3.28. The zero-order valence-electron chi connectivity index (χ0n) is 18.0. The fraction of sp³-hybridized carbons (Fsp3) is 0.458. The minimum absolute atomic E-state index is 0.126. The number of amides is 1. The molecule has 1 fully saturated rings. The van der Waals surface area contributed by atoms with Gasteiger partial charge in [0.15, 0.2) is 6.54 Å². The van der Waals surface area contributed by atoms with E-state index in [-0.39, 0.29) is 17.8 Å². The van der Waals surface area contributed by atoms with Crippen LogP contribution in [0, 0.1) is 5.82 Å². The number of hydrogen-bond acceptors (Lipinski definition) is 2. The van der Waals surface area contributed by atoms with Gasteiger partial charge in [-0.15, -0.1) is 0 Å². The van der Waals surface area contributed by atoms with E-state index in [0.717, 1.165) is 56.9 Å². The third-order valence-corrected chi connectivity index (χ3v) is 5.87. The number of aryl methyl sites for hydroxylation is 1. The zero-order valence-corrected chi connectivity index (χ0v) is 18.0. The highest BCUT2D eigenvalue weighted by molar-refractivity contribution is 5.77. The molecule has 0 aromatic heterocycles. The molecule has 5 nitrogen and oxygen atoms in total. The Hall–Kier alpha value is -2.44. The van der Waals surface area contributed by atoms with Gasteiger partial charge in [-0.3, -0.25) is 4.79 Å².